The molecule has 10 nitrogen and oxygen atoms in total. The second-order valence-electron chi connectivity index (χ2n) is 22.4. The largest absolute Gasteiger partial charge is 0.497 e. The summed E-state index contributed by atoms with van der Waals surface area (Å²) in [7, 11) is 1.75. The molecule has 4 aromatic rings. The number of hydrogen-bond donors (Lipinski definition) is 0. The molecule has 0 saturated carbocycles. The highest BCUT2D eigenvalue weighted by atomic mass is 127. The molecule has 398 valence electrons. The number of carbonyl (C=O) groups excluding carboxylic acids is 1. The molecule has 0 fully saturated rings. The van der Waals surface area contributed by atoms with Crippen LogP contribution in [0.25, 0.3) is 0 Å². The van der Waals surface area contributed by atoms with Crippen LogP contribution in [0, 0.1) is 17.3 Å². The number of allylic oxidation sites excluding steroid dienone is 1. The molecule has 72 heavy (non-hydrogen) atoms. The minimum absolute atomic E-state index is 0.0123. The predicted octanol–water partition coefficient (Wildman–Crippen LogP) is 13.4. The minimum atomic E-state index is -2.68. The fourth-order valence-electron chi connectivity index (χ4n) is 9.22. The number of benzene rings is 3. The van der Waals surface area contributed by atoms with Crippen molar-refractivity contribution in [2.75, 3.05) is 35.0 Å². The van der Waals surface area contributed by atoms with Gasteiger partial charge >= 0.3 is 0 Å². The van der Waals surface area contributed by atoms with Crippen molar-refractivity contribution in [1.82, 2.24) is 4.98 Å². The standard InChI is InChI=1S/C59H88INO9Si2/c1-43(31-36-50(62)44(2)51(64-12)30-24-38-69-72(58(6,7)8,47-25-19-17-20-26-47)48-27-21-18-22-28-48)53(66-14)39-54(67-41-45-32-34-46(63-11)35-33-45)59(9,10)55(70-71(15,16)57(3,4)5)40-56-61-49(42-68-56)52(65-13)29-23-37-60/h17-23,25-28,31-37,42-44,51-55H,24,29-30,38-41H2,1-16H3/b36-31+,37-23+/t43-,44-,51+,52-,53-,54-,55-/m0/s1. The molecule has 1 heterocycles. The number of rotatable bonds is 30. The third-order valence-corrected chi connectivity index (χ3v) is 25.1. The molecular formula is C59H88INO9Si2. The molecular weight excluding hydrogens is 1050 g/mol. The van der Waals surface area contributed by atoms with E-state index in [4.69, 9.17) is 41.9 Å². The van der Waals surface area contributed by atoms with Crippen LogP contribution in [-0.4, -0.2) is 86.9 Å². The molecule has 0 amide bonds. The Morgan fingerprint density at radius 1 is 0.778 bits per heavy atom. The van der Waals surface area contributed by atoms with Crippen LogP contribution in [0.2, 0.25) is 23.2 Å². The van der Waals surface area contributed by atoms with Crippen molar-refractivity contribution in [1.29, 1.82) is 0 Å². The first-order valence-electron chi connectivity index (χ1n) is 25.7. The zero-order valence-corrected chi connectivity index (χ0v) is 50.6. The van der Waals surface area contributed by atoms with Gasteiger partial charge in [0.25, 0.3) is 8.32 Å². The Kier molecular flexibility index (Phi) is 23.9. The van der Waals surface area contributed by atoms with Gasteiger partial charge < -0.3 is 37.0 Å². The lowest BCUT2D eigenvalue weighted by Gasteiger charge is -2.47. The SMILES string of the molecule is COc1ccc(CO[C@@H](C[C@H](OC)[C@@H](C)/C=C/C(=O)[C@H](C)[C@@H](CCCO[Si](c2ccccc2)(c2ccccc2)C(C)(C)C)OC)C(C)(C)[C@H](Cc2nc([C@H](C/C=C/I)OC)co2)O[Si](C)(C)C(C)(C)C)cc1. The van der Waals surface area contributed by atoms with E-state index in [0.29, 0.717) is 44.8 Å². The first-order chi connectivity index (χ1) is 34.0. The van der Waals surface area contributed by atoms with E-state index >= 15 is 0 Å². The molecule has 0 aliphatic rings. The van der Waals surface area contributed by atoms with E-state index in [-0.39, 0.29) is 58.2 Å². The number of oxazole rings is 1. The van der Waals surface area contributed by atoms with E-state index in [1.54, 1.807) is 40.8 Å². The second kappa shape index (κ2) is 28.0. The Labute approximate surface area is 449 Å². The van der Waals surface area contributed by atoms with Crippen LogP contribution in [0.3, 0.4) is 0 Å². The molecule has 0 saturated heterocycles. The average molecular weight is 1140 g/mol. The Bertz CT molecular complexity index is 2210. The van der Waals surface area contributed by atoms with E-state index < -0.39 is 22.0 Å². The van der Waals surface area contributed by atoms with Crippen molar-refractivity contribution in [3.8, 4) is 5.75 Å². The number of halogens is 1. The van der Waals surface area contributed by atoms with Crippen molar-refractivity contribution in [2.45, 2.75) is 162 Å². The van der Waals surface area contributed by atoms with Gasteiger partial charge in [-0.25, -0.2) is 4.98 Å². The number of aromatic nitrogens is 1. The average Bonchev–Trinajstić information content (AvgIpc) is 3.82. The molecule has 0 bridgehead atoms. The van der Waals surface area contributed by atoms with Crippen LogP contribution in [-0.2, 0) is 45.6 Å². The van der Waals surface area contributed by atoms with Crippen LogP contribution in [0.4, 0.5) is 0 Å². The number of ketones is 1. The van der Waals surface area contributed by atoms with Crippen molar-refractivity contribution in [3.63, 3.8) is 0 Å². The lowest BCUT2D eigenvalue weighted by molar-refractivity contribution is -0.122. The maximum absolute atomic E-state index is 14.0. The molecule has 1 aromatic heterocycles. The van der Waals surface area contributed by atoms with Gasteiger partial charge in [-0.3, -0.25) is 4.79 Å². The molecule has 0 unspecified atom stereocenters. The van der Waals surface area contributed by atoms with Gasteiger partial charge in [-0.15, -0.1) is 0 Å². The van der Waals surface area contributed by atoms with Crippen LogP contribution < -0.4 is 15.1 Å². The van der Waals surface area contributed by atoms with Gasteiger partial charge in [0, 0.05) is 58.0 Å². The summed E-state index contributed by atoms with van der Waals surface area (Å²) in [5.74, 6) is 0.887. The van der Waals surface area contributed by atoms with Crippen molar-refractivity contribution < 1.29 is 41.7 Å². The fraction of sp³-hybridized carbons (Fsp3) is 0.559. The lowest BCUT2D eigenvalue weighted by Crippen LogP contribution is -2.66. The number of methoxy groups -OCH3 is 4. The number of hydrogen-bond acceptors (Lipinski definition) is 10. The molecule has 13 heteroatoms. The highest BCUT2D eigenvalue weighted by Gasteiger charge is 2.50. The molecule has 0 aliphatic heterocycles. The maximum atomic E-state index is 14.0. The Balaban J connectivity index is 1.57. The predicted molar refractivity (Wildman–Crippen MR) is 307 cm³/mol. The molecule has 4 rings (SSSR count). The van der Waals surface area contributed by atoms with Crippen LogP contribution in [0.1, 0.15) is 118 Å². The zero-order valence-electron chi connectivity index (χ0n) is 46.5. The number of carbonyl (C=O) groups is 1. The number of nitrogens with zero attached hydrogens (tertiary/aromatic N) is 1. The number of ether oxygens (including phenoxy) is 5. The topological polar surface area (TPSA) is 108 Å². The molecule has 0 radical (unpaired) electrons. The monoisotopic (exact) mass is 1140 g/mol. The van der Waals surface area contributed by atoms with Gasteiger partial charge in [0.15, 0.2) is 20.0 Å². The van der Waals surface area contributed by atoms with Gasteiger partial charge in [0.05, 0.1) is 38.1 Å². The van der Waals surface area contributed by atoms with Crippen molar-refractivity contribution in [2.24, 2.45) is 17.3 Å². The van der Waals surface area contributed by atoms with Gasteiger partial charge in [-0.05, 0) is 80.7 Å². The second-order valence-corrected chi connectivity index (χ2v) is 32.2. The molecule has 0 N–H and O–H groups in total. The van der Waals surface area contributed by atoms with Crippen molar-refractivity contribution >= 4 is 55.4 Å². The fourth-order valence-corrected chi connectivity index (χ4v) is 15.6. The lowest BCUT2D eigenvalue weighted by atomic mass is 9.76. The van der Waals surface area contributed by atoms with E-state index in [1.165, 1.54) is 10.4 Å². The van der Waals surface area contributed by atoms with Gasteiger partial charge in [0.1, 0.15) is 23.8 Å². The van der Waals surface area contributed by atoms with Gasteiger partial charge in [0.2, 0.25) is 0 Å². The van der Waals surface area contributed by atoms with Crippen LogP contribution in [0.5, 0.6) is 5.75 Å². The van der Waals surface area contributed by atoms with E-state index in [9.17, 15) is 4.79 Å². The first-order valence-corrected chi connectivity index (χ1v) is 31.7. The first kappa shape index (κ1) is 61.3. The summed E-state index contributed by atoms with van der Waals surface area (Å²) < 4.78 is 53.4. The normalized spacial score (nSPS) is 16.1. The Hall–Kier alpha value is -3.26. The van der Waals surface area contributed by atoms with E-state index in [0.717, 1.165) is 23.4 Å². The summed E-state index contributed by atoms with van der Waals surface area (Å²) in [5, 5.41) is 2.31. The van der Waals surface area contributed by atoms with Crippen molar-refractivity contribution in [3.05, 3.63) is 131 Å². The zero-order chi connectivity index (χ0) is 53.3. The maximum Gasteiger partial charge on any atom is 0.261 e. The molecule has 7 atom stereocenters. The minimum Gasteiger partial charge on any atom is -0.497 e. The van der Waals surface area contributed by atoms with Crippen LogP contribution in [0.15, 0.2) is 118 Å². The molecule has 3 aromatic carbocycles. The van der Waals surface area contributed by atoms with E-state index in [1.807, 2.05) is 41.3 Å². The highest BCUT2D eigenvalue weighted by Crippen LogP contribution is 2.44. The summed E-state index contributed by atoms with van der Waals surface area (Å²) in [4.78, 5) is 19.0. The third-order valence-electron chi connectivity index (χ3n) is 15.1. The Morgan fingerprint density at radius 3 is 1.89 bits per heavy atom. The highest BCUT2D eigenvalue weighted by molar-refractivity contribution is 14.1. The Morgan fingerprint density at radius 2 is 1.38 bits per heavy atom. The van der Waals surface area contributed by atoms with Gasteiger partial charge in [-0.2, -0.15) is 0 Å². The van der Waals surface area contributed by atoms with Crippen LogP contribution >= 0.6 is 22.6 Å². The molecule has 0 aliphatic carbocycles. The summed E-state index contributed by atoms with van der Waals surface area (Å²) >= 11 is 2.22. The third kappa shape index (κ3) is 16.4. The smallest absolute Gasteiger partial charge is 0.261 e. The summed E-state index contributed by atoms with van der Waals surface area (Å²) in [6, 6.07) is 29.3. The van der Waals surface area contributed by atoms with Gasteiger partial charge in [-0.1, -0.05) is 177 Å². The summed E-state index contributed by atoms with van der Waals surface area (Å²) in [5.41, 5.74) is 1.18. The summed E-state index contributed by atoms with van der Waals surface area (Å²) in [6.45, 7) is 27.6. The summed E-state index contributed by atoms with van der Waals surface area (Å²) in [6.07, 6.45) is 9.06. The molecule has 0 spiro atoms. The quantitative estimate of drug-likeness (QED) is 0.0217. The van der Waals surface area contributed by atoms with E-state index in [2.05, 4.69) is 165 Å².